The minimum Gasteiger partial charge on any atom is -0.494 e. The molecule has 2 amide bonds. The minimum absolute atomic E-state index is 0.105. The summed E-state index contributed by atoms with van der Waals surface area (Å²) < 4.78 is 10.1. The molecule has 0 fully saturated rings. The zero-order chi connectivity index (χ0) is 21.1. The molecule has 0 unspecified atom stereocenters. The van der Waals surface area contributed by atoms with Crippen molar-refractivity contribution in [2.75, 3.05) is 13.7 Å². The van der Waals surface area contributed by atoms with Crippen LogP contribution in [-0.2, 0) is 14.3 Å². The van der Waals surface area contributed by atoms with Gasteiger partial charge in [0.25, 0.3) is 5.91 Å². The molecule has 0 saturated carbocycles. The highest BCUT2D eigenvalue weighted by Gasteiger charge is 2.27. The van der Waals surface area contributed by atoms with E-state index in [1.54, 1.807) is 24.3 Å². The Morgan fingerprint density at radius 1 is 1.04 bits per heavy atom. The van der Waals surface area contributed by atoms with Crippen LogP contribution in [0.25, 0.3) is 0 Å². The summed E-state index contributed by atoms with van der Waals surface area (Å²) in [5.74, 6) is -0.457. The van der Waals surface area contributed by atoms with E-state index in [1.165, 1.54) is 7.11 Å². The summed E-state index contributed by atoms with van der Waals surface area (Å²) in [6, 6.07) is 5.72. The van der Waals surface area contributed by atoms with Crippen molar-refractivity contribution in [1.82, 2.24) is 10.6 Å². The third-order valence-corrected chi connectivity index (χ3v) is 4.29. The van der Waals surface area contributed by atoms with Gasteiger partial charge in [0.1, 0.15) is 11.8 Å². The third kappa shape index (κ3) is 7.58. The van der Waals surface area contributed by atoms with Gasteiger partial charge in [-0.05, 0) is 43.5 Å². The molecule has 156 valence electrons. The van der Waals surface area contributed by atoms with Crippen molar-refractivity contribution in [2.45, 2.75) is 59.0 Å². The molecule has 2 atom stereocenters. The molecular formula is C21H32N2O5. The lowest BCUT2D eigenvalue weighted by Crippen LogP contribution is -2.52. The molecule has 1 rings (SSSR count). The molecule has 0 aliphatic heterocycles. The summed E-state index contributed by atoms with van der Waals surface area (Å²) in [7, 11) is 1.32. The fourth-order valence-corrected chi connectivity index (χ4v) is 2.78. The average molecular weight is 392 g/mol. The smallest absolute Gasteiger partial charge is 0.307 e. The van der Waals surface area contributed by atoms with Gasteiger partial charge in [0.05, 0.1) is 20.1 Å². The Balaban J connectivity index is 2.80. The van der Waals surface area contributed by atoms with Crippen molar-refractivity contribution in [2.24, 2.45) is 5.92 Å². The number of hydrogen-bond acceptors (Lipinski definition) is 5. The van der Waals surface area contributed by atoms with E-state index in [2.05, 4.69) is 10.6 Å². The number of carbonyl (C=O) groups excluding carboxylic acids is 3. The zero-order valence-corrected chi connectivity index (χ0v) is 17.4. The summed E-state index contributed by atoms with van der Waals surface area (Å²) in [5, 5.41) is 5.66. The Labute approximate surface area is 167 Å². The summed E-state index contributed by atoms with van der Waals surface area (Å²) in [5.41, 5.74) is 0.446. The average Bonchev–Trinajstić information content (AvgIpc) is 2.66. The summed E-state index contributed by atoms with van der Waals surface area (Å²) in [6.07, 6.45) is 1.57. The minimum atomic E-state index is -0.712. The number of nitrogens with one attached hydrogen (secondary N) is 2. The van der Waals surface area contributed by atoms with E-state index in [1.807, 2.05) is 27.7 Å². The SMILES string of the molecule is CCC[C@H](CC(=O)OC)NC(=O)[C@@H](NC(=O)c1ccc(OCC)cc1)C(C)C. The van der Waals surface area contributed by atoms with E-state index >= 15 is 0 Å². The van der Waals surface area contributed by atoms with Crippen LogP contribution in [0.2, 0.25) is 0 Å². The topological polar surface area (TPSA) is 93.7 Å². The quantitative estimate of drug-likeness (QED) is 0.565. The van der Waals surface area contributed by atoms with Crippen LogP contribution in [-0.4, -0.2) is 43.6 Å². The molecule has 0 bridgehead atoms. The molecule has 0 heterocycles. The number of amides is 2. The summed E-state index contributed by atoms with van der Waals surface area (Å²) in [6.45, 7) is 8.13. The Hall–Kier alpha value is -2.57. The van der Waals surface area contributed by atoms with E-state index in [9.17, 15) is 14.4 Å². The molecular weight excluding hydrogens is 360 g/mol. The first-order valence-corrected chi connectivity index (χ1v) is 9.73. The predicted molar refractivity (Wildman–Crippen MR) is 107 cm³/mol. The van der Waals surface area contributed by atoms with E-state index in [-0.39, 0.29) is 36.2 Å². The molecule has 0 aromatic heterocycles. The van der Waals surface area contributed by atoms with E-state index in [4.69, 9.17) is 9.47 Å². The van der Waals surface area contributed by atoms with Crippen LogP contribution in [0.5, 0.6) is 5.75 Å². The Bertz CT molecular complexity index is 643. The van der Waals surface area contributed by atoms with Crippen molar-refractivity contribution in [1.29, 1.82) is 0 Å². The highest BCUT2D eigenvalue weighted by atomic mass is 16.5. The van der Waals surface area contributed by atoms with E-state index in [0.29, 0.717) is 24.3 Å². The van der Waals surface area contributed by atoms with Crippen molar-refractivity contribution >= 4 is 17.8 Å². The van der Waals surface area contributed by atoms with Crippen molar-refractivity contribution in [3.63, 3.8) is 0 Å². The first-order chi connectivity index (χ1) is 13.3. The normalized spacial score (nSPS) is 12.8. The lowest BCUT2D eigenvalue weighted by molar-refractivity contribution is -0.141. The van der Waals surface area contributed by atoms with Gasteiger partial charge in [0, 0.05) is 11.6 Å². The number of ether oxygens (including phenoxy) is 2. The Morgan fingerprint density at radius 2 is 1.68 bits per heavy atom. The first kappa shape index (κ1) is 23.5. The van der Waals surface area contributed by atoms with Crippen molar-refractivity contribution < 1.29 is 23.9 Å². The monoisotopic (exact) mass is 392 g/mol. The van der Waals surface area contributed by atoms with Gasteiger partial charge >= 0.3 is 5.97 Å². The van der Waals surface area contributed by atoms with Gasteiger partial charge in [-0.3, -0.25) is 14.4 Å². The second-order valence-corrected chi connectivity index (χ2v) is 6.93. The van der Waals surface area contributed by atoms with Gasteiger partial charge < -0.3 is 20.1 Å². The predicted octanol–water partition coefficient (Wildman–Crippen LogP) is 2.69. The largest absolute Gasteiger partial charge is 0.494 e. The third-order valence-electron chi connectivity index (χ3n) is 4.29. The van der Waals surface area contributed by atoms with Crippen LogP contribution in [0.4, 0.5) is 0 Å². The standard InChI is InChI=1S/C21H32N2O5/c1-6-8-16(13-18(24)27-5)22-21(26)19(14(3)4)23-20(25)15-9-11-17(12-10-15)28-7-2/h9-12,14,16,19H,6-8,13H2,1-5H3,(H,22,26)(H,23,25)/t16-,19+/m1/s1. The fourth-order valence-electron chi connectivity index (χ4n) is 2.78. The Kier molecular flexibility index (Phi) is 10.1. The van der Waals surface area contributed by atoms with Gasteiger partial charge in [0.2, 0.25) is 5.91 Å². The Morgan fingerprint density at radius 3 is 2.18 bits per heavy atom. The van der Waals surface area contributed by atoms with Gasteiger partial charge in [-0.1, -0.05) is 27.2 Å². The molecule has 0 aliphatic carbocycles. The van der Waals surface area contributed by atoms with Gasteiger partial charge in [0.15, 0.2) is 0 Å². The number of methoxy groups -OCH3 is 1. The molecule has 7 heteroatoms. The maximum absolute atomic E-state index is 12.7. The van der Waals surface area contributed by atoms with Crippen LogP contribution < -0.4 is 15.4 Å². The molecule has 1 aromatic carbocycles. The fraction of sp³-hybridized carbons (Fsp3) is 0.571. The van der Waals surface area contributed by atoms with E-state index in [0.717, 1.165) is 6.42 Å². The zero-order valence-electron chi connectivity index (χ0n) is 17.4. The second kappa shape index (κ2) is 12.0. The van der Waals surface area contributed by atoms with Crippen molar-refractivity contribution in [3.8, 4) is 5.75 Å². The molecule has 0 saturated heterocycles. The molecule has 0 spiro atoms. The first-order valence-electron chi connectivity index (χ1n) is 9.73. The highest BCUT2D eigenvalue weighted by molar-refractivity contribution is 5.97. The highest BCUT2D eigenvalue weighted by Crippen LogP contribution is 2.13. The van der Waals surface area contributed by atoms with Gasteiger partial charge in [-0.2, -0.15) is 0 Å². The maximum Gasteiger partial charge on any atom is 0.307 e. The van der Waals surface area contributed by atoms with Crippen LogP contribution in [0.3, 0.4) is 0 Å². The summed E-state index contributed by atoms with van der Waals surface area (Å²) in [4.78, 5) is 36.9. The van der Waals surface area contributed by atoms with Gasteiger partial charge in [-0.25, -0.2) is 0 Å². The van der Waals surface area contributed by atoms with Crippen LogP contribution >= 0.6 is 0 Å². The number of hydrogen-bond donors (Lipinski definition) is 2. The lowest BCUT2D eigenvalue weighted by Gasteiger charge is -2.25. The molecule has 0 aliphatic rings. The van der Waals surface area contributed by atoms with Crippen LogP contribution in [0, 0.1) is 5.92 Å². The van der Waals surface area contributed by atoms with E-state index < -0.39 is 6.04 Å². The van der Waals surface area contributed by atoms with Crippen LogP contribution in [0.15, 0.2) is 24.3 Å². The summed E-state index contributed by atoms with van der Waals surface area (Å²) >= 11 is 0. The maximum atomic E-state index is 12.7. The van der Waals surface area contributed by atoms with Crippen molar-refractivity contribution in [3.05, 3.63) is 29.8 Å². The number of esters is 1. The molecule has 1 aromatic rings. The van der Waals surface area contributed by atoms with Gasteiger partial charge in [-0.15, -0.1) is 0 Å². The molecule has 2 N–H and O–H groups in total. The second-order valence-electron chi connectivity index (χ2n) is 6.93. The molecule has 7 nitrogen and oxygen atoms in total. The number of benzene rings is 1. The lowest BCUT2D eigenvalue weighted by atomic mass is 10.0. The molecule has 0 radical (unpaired) electrons. The number of carbonyl (C=O) groups is 3. The number of rotatable bonds is 11. The molecule has 28 heavy (non-hydrogen) atoms. The van der Waals surface area contributed by atoms with Crippen LogP contribution in [0.1, 0.15) is 57.3 Å².